The van der Waals surface area contributed by atoms with Crippen LogP contribution < -0.4 is 20.1 Å². The summed E-state index contributed by atoms with van der Waals surface area (Å²) >= 11 is 0. The monoisotopic (exact) mass is 356 g/mol. The normalized spacial score (nSPS) is 10.3. The number of rotatable bonds is 8. The van der Waals surface area contributed by atoms with Gasteiger partial charge in [-0.2, -0.15) is 0 Å². The molecule has 0 fully saturated rings. The number of nitrogens with one attached hydrogen (secondary N) is 2. The van der Waals surface area contributed by atoms with Crippen LogP contribution in [0.4, 0.5) is 5.69 Å². The molecule has 0 heterocycles. The van der Waals surface area contributed by atoms with Gasteiger partial charge in [-0.1, -0.05) is 30.3 Å². The van der Waals surface area contributed by atoms with E-state index in [1.54, 1.807) is 25.3 Å². The van der Waals surface area contributed by atoms with Crippen LogP contribution in [0.15, 0.2) is 48.5 Å². The average Bonchev–Trinajstić information content (AvgIpc) is 2.61. The third kappa shape index (κ3) is 5.81. The second-order valence-electron chi connectivity index (χ2n) is 5.98. The van der Waals surface area contributed by atoms with E-state index in [2.05, 4.69) is 10.6 Å². The molecule has 2 amide bonds. The van der Waals surface area contributed by atoms with Crippen molar-refractivity contribution in [2.75, 3.05) is 12.4 Å². The number of anilines is 1. The van der Waals surface area contributed by atoms with Crippen molar-refractivity contribution in [3.05, 3.63) is 54.1 Å². The van der Waals surface area contributed by atoms with E-state index in [1.165, 1.54) is 0 Å². The summed E-state index contributed by atoms with van der Waals surface area (Å²) in [6.07, 6.45) is -0.289. The van der Waals surface area contributed by atoms with Gasteiger partial charge in [-0.3, -0.25) is 9.59 Å². The molecule has 0 saturated heterocycles. The van der Waals surface area contributed by atoms with Gasteiger partial charge in [-0.15, -0.1) is 0 Å². The van der Waals surface area contributed by atoms with Gasteiger partial charge in [0.05, 0.1) is 18.9 Å². The van der Waals surface area contributed by atoms with Crippen molar-refractivity contribution in [1.82, 2.24) is 5.32 Å². The van der Waals surface area contributed by atoms with Gasteiger partial charge in [-0.25, -0.2) is 0 Å². The number of carbonyl (C=O) groups is 2. The summed E-state index contributed by atoms with van der Waals surface area (Å²) in [5.74, 6) is 0.500. The maximum absolute atomic E-state index is 12.1. The standard InChI is InChI=1S/C20H24N2O4/c1-14(2)26-18-11-7-5-9-16(18)22-20(24)12-19(23)21-13-15-8-4-6-10-17(15)25-3/h4-11,14H,12-13H2,1-3H3,(H,21,23)(H,22,24). The highest BCUT2D eigenvalue weighted by Gasteiger charge is 2.13. The minimum absolute atomic E-state index is 0.0165. The Morgan fingerprint density at radius 1 is 0.962 bits per heavy atom. The van der Waals surface area contributed by atoms with Crippen LogP contribution in [0.2, 0.25) is 0 Å². The number of hydrogen-bond donors (Lipinski definition) is 2. The van der Waals surface area contributed by atoms with Crippen LogP contribution in [0, 0.1) is 0 Å². The molecule has 0 aliphatic rings. The summed E-state index contributed by atoms with van der Waals surface area (Å²) in [4.78, 5) is 24.2. The lowest BCUT2D eigenvalue weighted by molar-refractivity contribution is -0.126. The number of carbonyl (C=O) groups excluding carboxylic acids is 2. The molecule has 138 valence electrons. The fourth-order valence-electron chi connectivity index (χ4n) is 2.37. The summed E-state index contributed by atoms with van der Waals surface area (Å²) in [5, 5.41) is 5.44. The third-order valence-corrected chi connectivity index (χ3v) is 3.51. The molecule has 26 heavy (non-hydrogen) atoms. The number of amides is 2. The van der Waals surface area contributed by atoms with Crippen LogP contribution in [-0.2, 0) is 16.1 Å². The Balaban J connectivity index is 1.89. The Kier molecular flexibility index (Phi) is 7.02. The highest BCUT2D eigenvalue weighted by atomic mass is 16.5. The highest BCUT2D eigenvalue weighted by molar-refractivity contribution is 6.04. The zero-order valence-electron chi connectivity index (χ0n) is 15.2. The summed E-state index contributed by atoms with van der Waals surface area (Å²) in [6.45, 7) is 4.11. The molecule has 6 nitrogen and oxygen atoms in total. The van der Waals surface area contributed by atoms with Gasteiger partial charge in [0.2, 0.25) is 11.8 Å². The maximum atomic E-state index is 12.1. The second-order valence-corrected chi connectivity index (χ2v) is 5.98. The van der Waals surface area contributed by atoms with Crippen molar-refractivity contribution in [2.24, 2.45) is 0 Å². The van der Waals surface area contributed by atoms with Crippen molar-refractivity contribution < 1.29 is 19.1 Å². The van der Waals surface area contributed by atoms with Gasteiger partial charge in [0.1, 0.15) is 17.9 Å². The predicted molar refractivity (Wildman–Crippen MR) is 100 cm³/mol. The van der Waals surface area contributed by atoms with E-state index in [0.29, 0.717) is 23.7 Å². The molecular formula is C20H24N2O4. The third-order valence-electron chi connectivity index (χ3n) is 3.51. The molecule has 0 aromatic heterocycles. The first kappa shape index (κ1) is 19.3. The van der Waals surface area contributed by atoms with Gasteiger partial charge >= 0.3 is 0 Å². The van der Waals surface area contributed by atoms with Crippen molar-refractivity contribution in [2.45, 2.75) is 32.9 Å². The minimum atomic E-state index is -0.401. The number of hydrogen-bond acceptors (Lipinski definition) is 4. The number of methoxy groups -OCH3 is 1. The number of benzene rings is 2. The molecule has 0 atom stereocenters. The van der Waals surface area contributed by atoms with E-state index in [0.717, 1.165) is 5.56 Å². The Morgan fingerprint density at radius 2 is 1.62 bits per heavy atom. The van der Waals surface area contributed by atoms with E-state index < -0.39 is 5.91 Å². The quantitative estimate of drug-likeness (QED) is 0.713. The number of para-hydroxylation sites is 3. The SMILES string of the molecule is COc1ccccc1CNC(=O)CC(=O)Nc1ccccc1OC(C)C. The molecule has 2 aromatic carbocycles. The van der Waals surface area contributed by atoms with E-state index >= 15 is 0 Å². The molecule has 0 radical (unpaired) electrons. The molecule has 0 saturated carbocycles. The topological polar surface area (TPSA) is 76.7 Å². The number of ether oxygens (including phenoxy) is 2. The summed E-state index contributed by atoms with van der Waals surface area (Å²) in [7, 11) is 1.57. The molecule has 6 heteroatoms. The summed E-state index contributed by atoms with van der Waals surface area (Å²) < 4.78 is 10.9. The van der Waals surface area contributed by atoms with Crippen LogP contribution >= 0.6 is 0 Å². The molecule has 0 aliphatic heterocycles. The Labute approximate surface area is 153 Å². The van der Waals surface area contributed by atoms with Crippen LogP contribution in [0.5, 0.6) is 11.5 Å². The van der Waals surface area contributed by atoms with Gasteiger partial charge < -0.3 is 20.1 Å². The fraction of sp³-hybridized carbons (Fsp3) is 0.300. The van der Waals surface area contributed by atoms with E-state index in [-0.39, 0.29) is 18.4 Å². The van der Waals surface area contributed by atoms with Crippen molar-refractivity contribution in [3.8, 4) is 11.5 Å². The van der Waals surface area contributed by atoms with E-state index in [1.807, 2.05) is 44.2 Å². The first-order chi connectivity index (χ1) is 12.5. The fourth-order valence-corrected chi connectivity index (χ4v) is 2.37. The lowest BCUT2D eigenvalue weighted by atomic mass is 10.2. The van der Waals surface area contributed by atoms with Crippen molar-refractivity contribution in [1.29, 1.82) is 0 Å². The van der Waals surface area contributed by atoms with Crippen LogP contribution in [0.3, 0.4) is 0 Å². The summed E-state index contributed by atoms with van der Waals surface area (Å²) in [6, 6.07) is 14.5. The van der Waals surface area contributed by atoms with Crippen LogP contribution in [0.25, 0.3) is 0 Å². The van der Waals surface area contributed by atoms with Crippen molar-refractivity contribution >= 4 is 17.5 Å². The van der Waals surface area contributed by atoms with Gasteiger partial charge in [0, 0.05) is 12.1 Å². The molecule has 0 aliphatic carbocycles. The van der Waals surface area contributed by atoms with Gasteiger partial charge in [0.15, 0.2) is 0 Å². The molecule has 0 bridgehead atoms. The molecular weight excluding hydrogens is 332 g/mol. The molecule has 0 unspecified atom stereocenters. The summed E-state index contributed by atoms with van der Waals surface area (Å²) in [5.41, 5.74) is 1.39. The molecule has 2 aromatic rings. The molecule has 2 rings (SSSR count). The highest BCUT2D eigenvalue weighted by Crippen LogP contribution is 2.25. The minimum Gasteiger partial charge on any atom is -0.496 e. The molecule has 2 N–H and O–H groups in total. The predicted octanol–water partition coefficient (Wildman–Crippen LogP) is 3.13. The Hall–Kier alpha value is -3.02. The Morgan fingerprint density at radius 3 is 2.31 bits per heavy atom. The van der Waals surface area contributed by atoms with Crippen LogP contribution in [-0.4, -0.2) is 25.0 Å². The first-order valence-corrected chi connectivity index (χ1v) is 8.43. The Bertz CT molecular complexity index is 759. The zero-order valence-corrected chi connectivity index (χ0v) is 15.2. The molecule has 0 spiro atoms. The maximum Gasteiger partial charge on any atom is 0.233 e. The zero-order chi connectivity index (χ0) is 18.9. The van der Waals surface area contributed by atoms with Gasteiger partial charge in [-0.05, 0) is 32.0 Å². The van der Waals surface area contributed by atoms with Crippen molar-refractivity contribution in [3.63, 3.8) is 0 Å². The average molecular weight is 356 g/mol. The second kappa shape index (κ2) is 9.46. The smallest absolute Gasteiger partial charge is 0.233 e. The first-order valence-electron chi connectivity index (χ1n) is 8.43. The largest absolute Gasteiger partial charge is 0.496 e. The van der Waals surface area contributed by atoms with Crippen LogP contribution in [0.1, 0.15) is 25.8 Å². The lowest BCUT2D eigenvalue weighted by Gasteiger charge is -2.14. The lowest BCUT2D eigenvalue weighted by Crippen LogP contribution is -2.28. The van der Waals surface area contributed by atoms with E-state index in [9.17, 15) is 9.59 Å². The van der Waals surface area contributed by atoms with Gasteiger partial charge in [0.25, 0.3) is 0 Å². The van der Waals surface area contributed by atoms with E-state index in [4.69, 9.17) is 9.47 Å².